The Morgan fingerprint density at radius 1 is 1.64 bits per heavy atom. The van der Waals surface area contributed by atoms with Crippen molar-refractivity contribution in [3.8, 4) is 12.3 Å². The first-order valence-corrected chi connectivity index (χ1v) is 3.25. The van der Waals surface area contributed by atoms with Gasteiger partial charge >= 0.3 is 0 Å². The molecule has 11 heavy (non-hydrogen) atoms. The summed E-state index contributed by atoms with van der Waals surface area (Å²) in [5.41, 5.74) is 0.421. The highest BCUT2D eigenvalue weighted by atomic mass is 35.5. The van der Waals surface area contributed by atoms with Gasteiger partial charge in [-0.25, -0.2) is 0 Å². The zero-order valence-corrected chi connectivity index (χ0v) is 7.11. The number of hydrogen-bond donors (Lipinski definition) is 0. The van der Waals surface area contributed by atoms with E-state index >= 15 is 0 Å². The van der Waals surface area contributed by atoms with E-state index in [1.807, 2.05) is 0 Å². The molecule has 2 heteroatoms. The summed E-state index contributed by atoms with van der Waals surface area (Å²) in [7, 11) is 1.50. The second-order valence-corrected chi connectivity index (χ2v) is 2.19. The van der Waals surface area contributed by atoms with Crippen LogP contribution in [0.25, 0.3) is 0 Å². The maximum Gasteiger partial charge on any atom is 0.113 e. The fourth-order valence-corrected chi connectivity index (χ4v) is 0.533. The van der Waals surface area contributed by atoms with E-state index in [9.17, 15) is 0 Å². The number of terminal acetylenes is 1. The average Bonchev–Trinajstić information content (AvgIpc) is 2.02. The van der Waals surface area contributed by atoms with E-state index in [0.29, 0.717) is 16.4 Å². The van der Waals surface area contributed by atoms with Crippen LogP contribution in [0.1, 0.15) is 0 Å². The van der Waals surface area contributed by atoms with Gasteiger partial charge in [0.2, 0.25) is 0 Å². The van der Waals surface area contributed by atoms with Crippen LogP contribution in [-0.2, 0) is 4.74 Å². The summed E-state index contributed by atoms with van der Waals surface area (Å²) in [6, 6.07) is 0. The Labute approximate surface area is 72.0 Å². The summed E-state index contributed by atoms with van der Waals surface area (Å²) >= 11 is 5.68. The van der Waals surface area contributed by atoms with Gasteiger partial charge in [0.15, 0.2) is 0 Å². The van der Waals surface area contributed by atoms with E-state index < -0.39 is 0 Å². The largest absolute Gasteiger partial charge is 0.497 e. The molecule has 0 saturated heterocycles. The average molecular weight is 169 g/mol. The van der Waals surface area contributed by atoms with Gasteiger partial charge in [-0.2, -0.15) is 0 Å². The maximum absolute atomic E-state index is 5.68. The molecule has 0 aromatic heterocycles. The van der Waals surface area contributed by atoms with Crippen LogP contribution < -0.4 is 0 Å². The van der Waals surface area contributed by atoms with Crippen LogP contribution in [-0.4, -0.2) is 7.11 Å². The summed E-state index contributed by atoms with van der Waals surface area (Å²) in [5.74, 6) is 2.75. The lowest BCUT2D eigenvalue weighted by Crippen LogP contribution is -1.81. The number of halogens is 1. The van der Waals surface area contributed by atoms with Crippen molar-refractivity contribution in [2.45, 2.75) is 0 Å². The summed E-state index contributed by atoms with van der Waals surface area (Å²) in [6.45, 7) is 7.06. The van der Waals surface area contributed by atoms with E-state index in [0.717, 1.165) is 0 Å². The number of methoxy groups -OCH3 is 1. The Hall–Kier alpha value is -1.13. The Balaban J connectivity index is 4.37. The second kappa shape index (κ2) is 4.65. The monoisotopic (exact) mass is 168 g/mol. The predicted molar refractivity (Wildman–Crippen MR) is 48.1 cm³/mol. The molecule has 0 amide bonds. The third-order valence-electron chi connectivity index (χ3n) is 1.01. The van der Waals surface area contributed by atoms with Crippen LogP contribution in [0.4, 0.5) is 0 Å². The highest BCUT2D eigenvalue weighted by Crippen LogP contribution is 2.13. The van der Waals surface area contributed by atoms with Crippen LogP contribution in [0.5, 0.6) is 0 Å². The van der Waals surface area contributed by atoms with E-state index in [2.05, 4.69) is 19.1 Å². The summed E-state index contributed by atoms with van der Waals surface area (Å²) in [5, 5.41) is 0.374. The van der Waals surface area contributed by atoms with E-state index in [1.54, 1.807) is 0 Å². The lowest BCUT2D eigenvalue weighted by atomic mass is 10.3. The van der Waals surface area contributed by atoms with Crippen molar-refractivity contribution < 1.29 is 4.74 Å². The summed E-state index contributed by atoms with van der Waals surface area (Å²) in [6.07, 6.45) is 6.56. The van der Waals surface area contributed by atoms with E-state index in [4.69, 9.17) is 22.8 Å². The molecule has 0 saturated carbocycles. The SMILES string of the molecule is C#CC(=C)/C(Cl)=C\C(=C)OC. The second-order valence-electron chi connectivity index (χ2n) is 1.79. The standard InChI is InChI=1S/C9H9ClO/c1-5-7(2)9(10)6-8(3)11-4/h1,6H,2-3H2,4H3/b9-6+. The van der Waals surface area contributed by atoms with Gasteiger partial charge in [-0.15, -0.1) is 6.42 Å². The number of allylic oxidation sites excluding steroid dienone is 3. The van der Waals surface area contributed by atoms with Gasteiger partial charge in [0.25, 0.3) is 0 Å². The Morgan fingerprint density at radius 2 is 2.18 bits per heavy atom. The highest BCUT2D eigenvalue weighted by Gasteiger charge is 1.95. The third kappa shape index (κ3) is 3.54. The maximum atomic E-state index is 5.68. The van der Waals surface area contributed by atoms with Gasteiger partial charge in [-0.1, -0.05) is 30.7 Å². The van der Waals surface area contributed by atoms with Gasteiger partial charge in [0.05, 0.1) is 12.1 Å². The normalized spacial score (nSPS) is 10.1. The molecule has 0 aliphatic rings. The smallest absolute Gasteiger partial charge is 0.113 e. The van der Waals surface area contributed by atoms with Gasteiger partial charge in [-0.05, 0) is 6.08 Å². The number of ether oxygens (including phenoxy) is 1. The molecular formula is C9H9ClO. The molecule has 0 heterocycles. The van der Waals surface area contributed by atoms with Crippen LogP contribution in [0.15, 0.2) is 35.6 Å². The van der Waals surface area contributed by atoms with Gasteiger partial charge in [-0.3, -0.25) is 0 Å². The van der Waals surface area contributed by atoms with Crippen molar-refractivity contribution in [1.82, 2.24) is 0 Å². The summed E-state index contributed by atoms with van der Waals surface area (Å²) in [4.78, 5) is 0. The molecule has 0 aliphatic heterocycles. The predicted octanol–water partition coefficient (Wildman–Crippen LogP) is 2.46. The van der Waals surface area contributed by atoms with Crippen molar-refractivity contribution in [3.63, 3.8) is 0 Å². The van der Waals surface area contributed by atoms with Crippen molar-refractivity contribution in [1.29, 1.82) is 0 Å². The molecule has 0 rings (SSSR count). The minimum absolute atomic E-state index is 0.374. The quantitative estimate of drug-likeness (QED) is 0.357. The zero-order chi connectivity index (χ0) is 8.85. The lowest BCUT2D eigenvalue weighted by Gasteiger charge is -1.98. The Kier molecular flexibility index (Phi) is 4.17. The van der Waals surface area contributed by atoms with Crippen LogP contribution in [0, 0.1) is 12.3 Å². The van der Waals surface area contributed by atoms with Gasteiger partial charge in [0.1, 0.15) is 5.76 Å². The molecule has 0 fully saturated rings. The molecule has 1 nitrogen and oxygen atoms in total. The molecule has 0 atom stereocenters. The molecule has 0 N–H and O–H groups in total. The first-order valence-electron chi connectivity index (χ1n) is 2.87. The van der Waals surface area contributed by atoms with Crippen LogP contribution >= 0.6 is 11.6 Å². The van der Waals surface area contributed by atoms with Crippen LogP contribution in [0.3, 0.4) is 0 Å². The Bertz CT molecular complexity index is 243. The van der Waals surface area contributed by atoms with Gasteiger partial charge < -0.3 is 4.74 Å². The molecule has 0 aromatic rings. The van der Waals surface area contributed by atoms with Crippen molar-refractivity contribution >= 4 is 11.6 Å². The molecule has 0 spiro atoms. The molecule has 0 radical (unpaired) electrons. The van der Waals surface area contributed by atoms with Crippen molar-refractivity contribution in [2.75, 3.05) is 7.11 Å². The first kappa shape index (κ1) is 9.87. The highest BCUT2D eigenvalue weighted by molar-refractivity contribution is 6.32. The minimum atomic E-state index is 0.374. The Morgan fingerprint density at radius 3 is 2.55 bits per heavy atom. The topological polar surface area (TPSA) is 9.23 Å². The summed E-state index contributed by atoms with van der Waals surface area (Å²) < 4.78 is 4.75. The van der Waals surface area contributed by atoms with E-state index in [-0.39, 0.29) is 0 Å². The molecule has 0 bridgehead atoms. The van der Waals surface area contributed by atoms with E-state index in [1.165, 1.54) is 13.2 Å². The third-order valence-corrected chi connectivity index (χ3v) is 1.35. The zero-order valence-electron chi connectivity index (χ0n) is 6.36. The fraction of sp³-hybridized carbons (Fsp3) is 0.111. The minimum Gasteiger partial charge on any atom is -0.497 e. The van der Waals surface area contributed by atoms with Crippen LogP contribution in [0.2, 0.25) is 0 Å². The fourth-order valence-electron chi connectivity index (χ4n) is 0.356. The number of hydrogen-bond acceptors (Lipinski definition) is 1. The first-order chi connectivity index (χ1) is 5.11. The van der Waals surface area contributed by atoms with Crippen molar-refractivity contribution in [3.05, 3.63) is 35.6 Å². The number of rotatable bonds is 3. The molecule has 0 unspecified atom stereocenters. The molecule has 0 aliphatic carbocycles. The molecule has 58 valence electrons. The molecule has 0 aromatic carbocycles. The lowest BCUT2D eigenvalue weighted by molar-refractivity contribution is 0.308. The molecular weight excluding hydrogens is 160 g/mol. The van der Waals surface area contributed by atoms with Crippen molar-refractivity contribution in [2.24, 2.45) is 0 Å². The van der Waals surface area contributed by atoms with Gasteiger partial charge in [0, 0.05) is 5.57 Å².